The Balaban J connectivity index is 2.45. The van der Waals surface area contributed by atoms with Crippen LogP contribution < -0.4 is 25.4 Å². The summed E-state index contributed by atoms with van der Waals surface area (Å²) < 4.78 is 14.8. The van der Waals surface area contributed by atoms with Gasteiger partial charge in [0.1, 0.15) is 18.0 Å². The quantitative estimate of drug-likeness (QED) is 0.549. The third kappa shape index (κ3) is 8.08. The number of rotatable bonds is 8. The van der Waals surface area contributed by atoms with Gasteiger partial charge in [-0.15, -0.1) is 0 Å². The van der Waals surface area contributed by atoms with Crippen LogP contribution in [-0.2, 0) is 14.3 Å². The molecule has 3 N–H and O–H groups in total. The van der Waals surface area contributed by atoms with Crippen LogP contribution in [0.5, 0.6) is 11.5 Å². The second kappa shape index (κ2) is 10.6. The highest BCUT2D eigenvalue weighted by molar-refractivity contribution is 5.97. The number of esters is 1. The van der Waals surface area contributed by atoms with Gasteiger partial charge >= 0.3 is 12.0 Å². The molecule has 0 unspecified atom stereocenters. The van der Waals surface area contributed by atoms with E-state index in [-0.39, 0.29) is 11.6 Å². The summed E-state index contributed by atoms with van der Waals surface area (Å²) >= 11 is 0. The summed E-state index contributed by atoms with van der Waals surface area (Å²) in [6.07, 6.45) is 0. The van der Waals surface area contributed by atoms with E-state index in [1.807, 2.05) is 5.32 Å². The van der Waals surface area contributed by atoms with E-state index >= 15 is 0 Å². The zero-order valence-corrected chi connectivity index (χ0v) is 15.6. The fourth-order valence-electron chi connectivity index (χ4n) is 1.85. The summed E-state index contributed by atoms with van der Waals surface area (Å²) in [7, 11) is 2.89. The van der Waals surface area contributed by atoms with Crippen molar-refractivity contribution in [2.75, 3.05) is 27.4 Å². The summed E-state index contributed by atoms with van der Waals surface area (Å²) in [4.78, 5) is 46.5. The van der Waals surface area contributed by atoms with E-state index in [4.69, 9.17) is 14.2 Å². The lowest BCUT2D eigenvalue weighted by Crippen LogP contribution is -2.44. The average Bonchev–Trinajstić information content (AvgIpc) is 2.62. The van der Waals surface area contributed by atoms with Crippen LogP contribution >= 0.6 is 0 Å². The minimum Gasteiger partial charge on any atom is -0.497 e. The first kappa shape index (κ1) is 21.7. The maximum atomic E-state index is 12.1. The first-order chi connectivity index (χ1) is 12.7. The topological polar surface area (TPSA) is 132 Å². The summed E-state index contributed by atoms with van der Waals surface area (Å²) in [6, 6.07) is 3.71. The van der Waals surface area contributed by atoms with Gasteiger partial charge in [-0.25, -0.2) is 4.79 Å². The largest absolute Gasteiger partial charge is 0.497 e. The molecule has 1 rings (SSSR count). The van der Waals surface area contributed by atoms with E-state index in [0.717, 1.165) is 0 Å². The van der Waals surface area contributed by atoms with E-state index in [9.17, 15) is 19.2 Å². The molecule has 10 nitrogen and oxygen atoms in total. The van der Waals surface area contributed by atoms with E-state index in [1.165, 1.54) is 26.4 Å². The molecule has 0 aliphatic carbocycles. The number of benzene rings is 1. The molecule has 0 saturated carbocycles. The fraction of sp³-hybridized carbons (Fsp3) is 0.412. The minimum atomic E-state index is -0.836. The molecule has 0 bridgehead atoms. The monoisotopic (exact) mass is 381 g/mol. The van der Waals surface area contributed by atoms with Crippen molar-refractivity contribution >= 4 is 23.8 Å². The molecule has 0 fully saturated rings. The Hall–Kier alpha value is -3.30. The van der Waals surface area contributed by atoms with Gasteiger partial charge in [0, 0.05) is 17.7 Å². The lowest BCUT2D eigenvalue weighted by molar-refractivity contribution is -0.147. The second-order valence-electron chi connectivity index (χ2n) is 5.62. The standard InChI is InChI=1S/C17H23N3O7/c1-10(2)19-17(24)20-14(21)9-27-15(22)8-18-16(23)11-5-12(25-3)7-13(6-11)26-4/h5-7,10H,8-9H2,1-4H3,(H,18,23)(H2,19,20,21,24). The van der Waals surface area contributed by atoms with Crippen LogP contribution in [0.25, 0.3) is 0 Å². The average molecular weight is 381 g/mol. The molecule has 0 saturated heterocycles. The molecule has 148 valence electrons. The molecule has 4 amide bonds. The number of carbonyl (C=O) groups is 4. The predicted molar refractivity (Wildman–Crippen MR) is 94.6 cm³/mol. The van der Waals surface area contributed by atoms with Crippen molar-refractivity contribution in [3.8, 4) is 11.5 Å². The summed E-state index contributed by atoms with van der Waals surface area (Å²) in [6.45, 7) is 2.35. The van der Waals surface area contributed by atoms with Gasteiger partial charge in [0.05, 0.1) is 14.2 Å². The van der Waals surface area contributed by atoms with E-state index in [0.29, 0.717) is 11.5 Å². The highest BCUT2D eigenvalue weighted by Gasteiger charge is 2.14. The number of nitrogens with one attached hydrogen (secondary N) is 3. The maximum absolute atomic E-state index is 12.1. The highest BCUT2D eigenvalue weighted by atomic mass is 16.5. The molecule has 0 aliphatic rings. The van der Waals surface area contributed by atoms with Gasteiger partial charge in [-0.3, -0.25) is 19.7 Å². The van der Waals surface area contributed by atoms with Crippen molar-refractivity contribution in [1.82, 2.24) is 16.0 Å². The zero-order chi connectivity index (χ0) is 20.4. The second-order valence-corrected chi connectivity index (χ2v) is 5.62. The summed E-state index contributed by atoms with van der Waals surface area (Å²) in [5.41, 5.74) is 0.224. The van der Waals surface area contributed by atoms with E-state index < -0.39 is 37.0 Å². The number of carbonyl (C=O) groups excluding carboxylic acids is 4. The lowest BCUT2D eigenvalue weighted by atomic mass is 10.2. The predicted octanol–water partition coefficient (Wildman–Crippen LogP) is 0.211. The third-order valence-corrected chi connectivity index (χ3v) is 3.04. The number of hydrogen-bond acceptors (Lipinski definition) is 7. The van der Waals surface area contributed by atoms with Crippen molar-refractivity contribution in [1.29, 1.82) is 0 Å². The molecule has 1 aromatic carbocycles. The van der Waals surface area contributed by atoms with Gasteiger partial charge in [0.2, 0.25) is 0 Å². The molecule has 0 atom stereocenters. The van der Waals surface area contributed by atoms with Crippen molar-refractivity contribution in [2.45, 2.75) is 19.9 Å². The number of methoxy groups -OCH3 is 2. The summed E-state index contributed by atoms with van der Waals surface area (Å²) in [5.74, 6) is -1.34. The Morgan fingerprint density at radius 2 is 1.59 bits per heavy atom. The van der Waals surface area contributed by atoms with Crippen LogP contribution in [0.3, 0.4) is 0 Å². The first-order valence-corrected chi connectivity index (χ1v) is 8.02. The number of imide groups is 1. The molecular weight excluding hydrogens is 358 g/mol. The summed E-state index contributed by atoms with van der Waals surface area (Å²) in [5, 5.41) is 6.81. The number of amides is 4. The van der Waals surface area contributed by atoms with Crippen molar-refractivity contribution in [3.63, 3.8) is 0 Å². The van der Waals surface area contributed by atoms with Gasteiger partial charge in [0.15, 0.2) is 6.61 Å². The smallest absolute Gasteiger partial charge is 0.325 e. The Kier molecular flexibility index (Phi) is 8.57. The number of hydrogen-bond donors (Lipinski definition) is 3. The Morgan fingerprint density at radius 3 is 2.11 bits per heavy atom. The SMILES string of the molecule is COc1cc(OC)cc(C(=O)NCC(=O)OCC(=O)NC(=O)NC(C)C)c1. The van der Waals surface area contributed by atoms with Crippen molar-refractivity contribution in [3.05, 3.63) is 23.8 Å². The van der Waals surface area contributed by atoms with Gasteiger partial charge in [-0.2, -0.15) is 0 Å². The van der Waals surface area contributed by atoms with E-state index in [1.54, 1.807) is 19.9 Å². The first-order valence-electron chi connectivity index (χ1n) is 8.02. The van der Waals surface area contributed by atoms with Crippen LogP contribution in [0, 0.1) is 0 Å². The van der Waals surface area contributed by atoms with Crippen LogP contribution in [0.4, 0.5) is 4.79 Å². The molecule has 0 spiro atoms. The fourth-order valence-corrected chi connectivity index (χ4v) is 1.85. The van der Waals surface area contributed by atoms with Gasteiger partial charge in [0.25, 0.3) is 11.8 Å². The third-order valence-electron chi connectivity index (χ3n) is 3.04. The Labute approximate surface area is 156 Å². The molecule has 10 heteroatoms. The number of ether oxygens (including phenoxy) is 3. The van der Waals surface area contributed by atoms with Crippen molar-refractivity contribution < 1.29 is 33.4 Å². The van der Waals surface area contributed by atoms with Crippen LogP contribution in [0.1, 0.15) is 24.2 Å². The normalized spacial score (nSPS) is 9.96. The van der Waals surface area contributed by atoms with Crippen LogP contribution in [-0.4, -0.2) is 57.2 Å². The van der Waals surface area contributed by atoms with Crippen molar-refractivity contribution in [2.24, 2.45) is 0 Å². The number of urea groups is 1. The van der Waals surface area contributed by atoms with Gasteiger partial charge < -0.3 is 24.8 Å². The molecular formula is C17H23N3O7. The lowest BCUT2D eigenvalue weighted by Gasteiger charge is -2.10. The molecule has 27 heavy (non-hydrogen) atoms. The molecule has 1 aromatic rings. The van der Waals surface area contributed by atoms with Crippen LogP contribution in [0.2, 0.25) is 0 Å². The van der Waals surface area contributed by atoms with Crippen LogP contribution in [0.15, 0.2) is 18.2 Å². The van der Waals surface area contributed by atoms with Gasteiger partial charge in [-0.1, -0.05) is 0 Å². The molecule has 0 radical (unpaired) electrons. The molecule has 0 aromatic heterocycles. The van der Waals surface area contributed by atoms with Gasteiger partial charge in [-0.05, 0) is 26.0 Å². The Morgan fingerprint density at radius 1 is 1.00 bits per heavy atom. The minimum absolute atomic E-state index is 0.147. The van der Waals surface area contributed by atoms with E-state index in [2.05, 4.69) is 10.6 Å². The zero-order valence-electron chi connectivity index (χ0n) is 15.6. The Bertz CT molecular complexity index is 682. The maximum Gasteiger partial charge on any atom is 0.325 e. The molecule has 0 aliphatic heterocycles. The highest BCUT2D eigenvalue weighted by Crippen LogP contribution is 2.22. The molecule has 0 heterocycles.